The van der Waals surface area contributed by atoms with Gasteiger partial charge in [0.25, 0.3) is 5.91 Å². The molecule has 94 valence electrons. The zero-order valence-corrected chi connectivity index (χ0v) is 10.6. The van der Waals surface area contributed by atoms with Gasteiger partial charge >= 0.3 is 0 Å². The number of carbonyl (C=O) groups excluding carboxylic acids is 2. The SMILES string of the molecule is CC(=O)NC1N=C(C)c2ccccc2N(C)C1=O. The minimum Gasteiger partial charge on any atom is -0.327 e. The Hall–Kier alpha value is -2.17. The highest BCUT2D eigenvalue weighted by Gasteiger charge is 2.28. The first-order chi connectivity index (χ1) is 8.50. The van der Waals surface area contributed by atoms with Crippen LogP contribution in [0.5, 0.6) is 0 Å². The molecule has 18 heavy (non-hydrogen) atoms. The van der Waals surface area contributed by atoms with Crippen LogP contribution in [0.2, 0.25) is 0 Å². The zero-order valence-electron chi connectivity index (χ0n) is 10.6. The molecule has 0 aromatic heterocycles. The predicted molar refractivity (Wildman–Crippen MR) is 69.7 cm³/mol. The molecule has 5 heteroatoms. The number of hydrogen-bond acceptors (Lipinski definition) is 3. The molecule has 0 aliphatic carbocycles. The van der Waals surface area contributed by atoms with E-state index in [-0.39, 0.29) is 11.8 Å². The molecule has 0 saturated carbocycles. The molecule has 0 spiro atoms. The number of aliphatic imine (C=N–C) groups is 1. The normalized spacial score (nSPS) is 18.8. The van der Waals surface area contributed by atoms with Gasteiger partial charge in [0.2, 0.25) is 12.1 Å². The molecule has 1 aromatic carbocycles. The first-order valence-electron chi connectivity index (χ1n) is 5.69. The van der Waals surface area contributed by atoms with E-state index in [1.165, 1.54) is 11.8 Å². The Morgan fingerprint density at radius 2 is 2.06 bits per heavy atom. The van der Waals surface area contributed by atoms with Gasteiger partial charge in [0.15, 0.2) is 0 Å². The summed E-state index contributed by atoms with van der Waals surface area (Å²) >= 11 is 0. The Bertz CT molecular complexity index is 537. The van der Waals surface area contributed by atoms with Crippen molar-refractivity contribution < 1.29 is 9.59 Å². The molecule has 0 radical (unpaired) electrons. The lowest BCUT2D eigenvalue weighted by molar-refractivity contribution is -0.126. The molecule has 1 atom stereocenters. The molecule has 0 bridgehead atoms. The van der Waals surface area contributed by atoms with Crippen molar-refractivity contribution >= 4 is 23.2 Å². The van der Waals surface area contributed by atoms with Crippen LogP contribution in [0.4, 0.5) is 5.69 Å². The molecule has 1 aliphatic rings. The van der Waals surface area contributed by atoms with Gasteiger partial charge < -0.3 is 10.2 Å². The van der Waals surface area contributed by atoms with Crippen molar-refractivity contribution in [3.8, 4) is 0 Å². The second-order valence-electron chi connectivity index (χ2n) is 4.23. The number of nitrogens with zero attached hydrogens (tertiary/aromatic N) is 2. The van der Waals surface area contributed by atoms with Crippen molar-refractivity contribution in [2.75, 3.05) is 11.9 Å². The molecule has 1 heterocycles. The maximum absolute atomic E-state index is 12.2. The van der Waals surface area contributed by atoms with Crippen LogP contribution in [-0.2, 0) is 9.59 Å². The molecule has 5 nitrogen and oxygen atoms in total. The van der Waals surface area contributed by atoms with Crippen LogP contribution in [0.3, 0.4) is 0 Å². The predicted octanol–water partition coefficient (Wildman–Crippen LogP) is 0.934. The van der Waals surface area contributed by atoms with Gasteiger partial charge in [0, 0.05) is 25.2 Å². The fraction of sp³-hybridized carbons (Fsp3) is 0.308. The lowest BCUT2D eigenvalue weighted by atomic mass is 10.1. The van der Waals surface area contributed by atoms with E-state index in [0.29, 0.717) is 0 Å². The van der Waals surface area contributed by atoms with Gasteiger partial charge in [0.1, 0.15) is 0 Å². The second-order valence-corrected chi connectivity index (χ2v) is 4.23. The van der Waals surface area contributed by atoms with Gasteiger partial charge in [-0.05, 0) is 13.0 Å². The largest absolute Gasteiger partial charge is 0.327 e. The van der Waals surface area contributed by atoms with Crippen LogP contribution in [0.25, 0.3) is 0 Å². The number of carbonyl (C=O) groups is 2. The molecule has 1 unspecified atom stereocenters. The summed E-state index contributed by atoms with van der Waals surface area (Å²) in [6, 6.07) is 7.54. The number of likely N-dealkylation sites (N-methyl/N-ethyl adjacent to an activating group) is 1. The summed E-state index contributed by atoms with van der Waals surface area (Å²) in [7, 11) is 1.68. The standard InChI is InChI=1S/C13H15N3O2/c1-8-10-6-4-5-7-11(10)16(3)13(18)12(14-8)15-9(2)17/h4-7,12H,1-3H3,(H,15,17). The Labute approximate surface area is 106 Å². The molecule has 1 aliphatic heterocycles. The number of para-hydroxylation sites is 1. The van der Waals surface area contributed by atoms with E-state index in [1.54, 1.807) is 7.05 Å². The molecular formula is C13H15N3O2. The fourth-order valence-corrected chi connectivity index (χ4v) is 1.98. The third-order valence-corrected chi connectivity index (χ3v) is 2.88. The summed E-state index contributed by atoms with van der Waals surface area (Å²) in [5.41, 5.74) is 2.44. The number of benzene rings is 1. The maximum atomic E-state index is 12.2. The van der Waals surface area contributed by atoms with E-state index in [1.807, 2.05) is 31.2 Å². The first kappa shape index (κ1) is 12.3. The van der Waals surface area contributed by atoms with Crippen LogP contribution in [0.1, 0.15) is 19.4 Å². The highest BCUT2D eigenvalue weighted by atomic mass is 16.2. The highest BCUT2D eigenvalue weighted by Crippen LogP contribution is 2.23. The summed E-state index contributed by atoms with van der Waals surface area (Å²) in [5.74, 6) is -0.515. The van der Waals surface area contributed by atoms with Crippen LogP contribution >= 0.6 is 0 Å². The van der Waals surface area contributed by atoms with Gasteiger partial charge in [-0.25, -0.2) is 0 Å². The van der Waals surface area contributed by atoms with E-state index in [0.717, 1.165) is 17.0 Å². The van der Waals surface area contributed by atoms with E-state index < -0.39 is 6.17 Å². The number of benzodiazepines with no additional fused rings is 1. The summed E-state index contributed by atoms with van der Waals surface area (Å²) in [4.78, 5) is 29.1. The van der Waals surface area contributed by atoms with Gasteiger partial charge in [0.05, 0.1) is 5.69 Å². The van der Waals surface area contributed by atoms with Crippen molar-refractivity contribution in [3.63, 3.8) is 0 Å². The number of anilines is 1. The lowest BCUT2D eigenvalue weighted by Crippen LogP contribution is -2.45. The number of amides is 2. The Morgan fingerprint density at radius 1 is 1.39 bits per heavy atom. The van der Waals surface area contributed by atoms with E-state index in [9.17, 15) is 9.59 Å². The molecule has 0 saturated heterocycles. The van der Waals surface area contributed by atoms with Gasteiger partial charge in [-0.15, -0.1) is 0 Å². The van der Waals surface area contributed by atoms with Crippen molar-refractivity contribution in [1.82, 2.24) is 5.32 Å². The highest BCUT2D eigenvalue weighted by molar-refractivity contribution is 6.12. The second kappa shape index (κ2) is 4.60. The third kappa shape index (κ3) is 2.11. The van der Waals surface area contributed by atoms with Gasteiger partial charge in [-0.2, -0.15) is 0 Å². The van der Waals surface area contributed by atoms with Gasteiger partial charge in [-0.3, -0.25) is 14.6 Å². The maximum Gasteiger partial charge on any atom is 0.272 e. The topological polar surface area (TPSA) is 61.8 Å². The van der Waals surface area contributed by atoms with Crippen LogP contribution in [-0.4, -0.2) is 30.7 Å². The monoisotopic (exact) mass is 245 g/mol. The van der Waals surface area contributed by atoms with Crippen molar-refractivity contribution in [3.05, 3.63) is 29.8 Å². The molecular weight excluding hydrogens is 230 g/mol. The Balaban J connectivity index is 2.48. The van der Waals surface area contributed by atoms with Crippen molar-refractivity contribution in [2.24, 2.45) is 4.99 Å². The molecule has 1 N–H and O–H groups in total. The average Bonchev–Trinajstić information content (AvgIpc) is 2.42. The molecule has 2 rings (SSSR count). The number of rotatable bonds is 1. The zero-order chi connectivity index (χ0) is 13.3. The summed E-state index contributed by atoms with van der Waals surface area (Å²) < 4.78 is 0. The Kier molecular flexibility index (Phi) is 3.14. The summed E-state index contributed by atoms with van der Waals surface area (Å²) in [6.07, 6.45) is -0.847. The Morgan fingerprint density at radius 3 is 2.72 bits per heavy atom. The molecule has 0 fully saturated rings. The number of hydrogen-bond donors (Lipinski definition) is 1. The van der Waals surface area contributed by atoms with Crippen LogP contribution < -0.4 is 10.2 Å². The van der Waals surface area contributed by atoms with Crippen molar-refractivity contribution in [2.45, 2.75) is 20.0 Å². The minimum absolute atomic E-state index is 0.241. The lowest BCUT2D eigenvalue weighted by Gasteiger charge is -2.20. The third-order valence-electron chi connectivity index (χ3n) is 2.88. The van der Waals surface area contributed by atoms with E-state index in [4.69, 9.17) is 0 Å². The number of fused-ring (bicyclic) bond motifs is 1. The summed E-state index contributed by atoms with van der Waals surface area (Å²) in [6.45, 7) is 3.20. The van der Waals surface area contributed by atoms with E-state index in [2.05, 4.69) is 10.3 Å². The van der Waals surface area contributed by atoms with Crippen LogP contribution in [0, 0.1) is 0 Å². The van der Waals surface area contributed by atoms with Crippen LogP contribution in [0.15, 0.2) is 29.3 Å². The van der Waals surface area contributed by atoms with Gasteiger partial charge in [-0.1, -0.05) is 18.2 Å². The first-order valence-corrected chi connectivity index (χ1v) is 5.69. The molecule has 1 aromatic rings. The van der Waals surface area contributed by atoms with E-state index >= 15 is 0 Å². The smallest absolute Gasteiger partial charge is 0.272 e. The quantitative estimate of drug-likeness (QED) is 0.800. The number of nitrogens with one attached hydrogen (secondary N) is 1. The molecule has 2 amide bonds. The summed E-state index contributed by atoms with van der Waals surface area (Å²) in [5, 5.41) is 2.55. The van der Waals surface area contributed by atoms with Crippen molar-refractivity contribution in [1.29, 1.82) is 0 Å². The average molecular weight is 245 g/mol. The fourth-order valence-electron chi connectivity index (χ4n) is 1.98. The minimum atomic E-state index is -0.847.